The largest absolute Gasteiger partial charge is 0.289 e. The number of hydrogen-bond acceptors (Lipinski definition) is 1. The summed E-state index contributed by atoms with van der Waals surface area (Å²) in [5, 5.41) is 0. The first-order chi connectivity index (χ1) is 8.08. The third kappa shape index (κ3) is 2.96. The van der Waals surface area contributed by atoms with Gasteiger partial charge in [-0.25, -0.2) is 0 Å². The van der Waals surface area contributed by atoms with Crippen LogP contribution in [0, 0.1) is 10.5 Å². The molecule has 0 bridgehead atoms. The number of carbonyl (C=O) groups excluding carboxylic acids is 1. The van der Waals surface area contributed by atoms with Crippen LogP contribution in [0.4, 0.5) is 0 Å². The maximum Gasteiger partial charge on any atom is 0.193 e. The highest BCUT2D eigenvalue weighted by Gasteiger charge is 2.09. The fraction of sp³-hybridized carbons (Fsp3) is 0.0714. The number of aryl methyl sites for hydroxylation is 1. The molecule has 0 aromatic heterocycles. The van der Waals surface area contributed by atoms with Crippen LogP contribution < -0.4 is 0 Å². The minimum Gasteiger partial charge on any atom is -0.289 e. The number of halogens is 2. The van der Waals surface area contributed by atoms with Crippen LogP contribution in [0.2, 0.25) is 0 Å². The Balaban J connectivity index is 2.37. The number of rotatable bonds is 2. The first-order valence-corrected chi connectivity index (χ1v) is 7.01. The Labute approximate surface area is 123 Å². The molecule has 0 saturated carbocycles. The number of ketones is 1. The van der Waals surface area contributed by atoms with Crippen LogP contribution in [-0.2, 0) is 0 Å². The molecular formula is C14H10BrIO. The van der Waals surface area contributed by atoms with Crippen molar-refractivity contribution in [2.75, 3.05) is 0 Å². The van der Waals surface area contributed by atoms with E-state index in [9.17, 15) is 4.79 Å². The Morgan fingerprint density at radius 1 is 1.06 bits per heavy atom. The average molecular weight is 401 g/mol. The van der Waals surface area contributed by atoms with E-state index in [0.717, 1.165) is 19.2 Å². The molecular weight excluding hydrogens is 391 g/mol. The van der Waals surface area contributed by atoms with E-state index in [1.54, 1.807) is 0 Å². The van der Waals surface area contributed by atoms with Gasteiger partial charge in [-0.05, 0) is 65.4 Å². The van der Waals surface area contributed by atoms with Gasteiger partial charge in [0.1, 0.15) is 0 Å². The van der Waals surface area contributed by atoms with Crippen molar-refractivity contribution in [1.29, 1.82) is 0 Å². The van der Waals surface area contributed by atoms with Gasteiger partial charge in [-0.15, -0.1) is 0 Å². The average Bonchev–Trinajstić information content (AvgIpc) is 2.33. The number of hydrogen-bond donors (Lipinski definition) is 0. The van der Waals surface area contributed by atoms with Crippen molar-refractivity contribution in [2.24, 2.45) is 0 Å². The third-order valence-electron chi connectivity index (χ3n) is 2.54. The van der Waals surface area contributed by atoms with Gasteiger partial charge >= 0.3 is 0 Å². The minimum absolute atomic E-state index is 0.0575. The maximum absolute atomic E-state index is 12.2. The molecule has 0 aliphatic rings. The quantitative estimate of drug-likeness (QED) is 0.532. The van der Waals surface area contributed by atoms with Crippen LogP contribution >= 0.6 is 38.5 Å². The lowest BCUT2D eigenvalue weighted by Crippen LogP contribution is -2.01. The second-order valence-corrected chi connectivity index (χ2v) is 5.90. The molecule has 0 aliphatic heterocycles. The molecule has 0 N–H and O–H groups in total. The molecule has 1 nitrogen and oxygen atoms in total. The van der Waals surface area contributed by atoms with E-state index in [0.29, 0.717) is 5.56 Å². The molecule has 0 fully saturated rings. The summed E-state index contributed by atoms with van der Waals surface area (Å²) >= 11 is 5.67. The van der Waals surface area contributed by atoms with E-state index >= 15 is 0 Å². The molecule has 0 saturated heterocycles. The molecule has 2 rings (SSSR count). The number of benzene rings is 2. The summed E-state index contributed by atoms with van der Waals surface area (Å²) in [6.07, 6.45) is 0. The van der Waals surface area contributed by atoms with Crippen LogP contribution in [0.1, 0.15) is 21.5 Å². The van der Waals surface area contributed by atoms with E-state index in [1.807, 2.05) is 49.4 Å². The summed E-state index contributed by atoms with van der Waals surface area (Å²) in [5.74, 6) is 0.0575. The molecule has 0 amide bonds. The lowest BCUT2D eigenvalue weighted by Gasteiger charge is -2.04. The van der Waals surface area contributed by atoms with Gasteiger partial charge in [0.2, 0.25) is 0 Å². The summed E-state index contributed by atoms with van der Waals surface area (Å²) in [6, 6.07) is 13.3. The van der Waals surface area contributed by atoms with Gasteiger partial charge in [0, 0.05) is 19.2 Å². The zero-order chi connectivity index (χ0) is 12.4. The van der Waals surface area contributed by atoms with Crippen molar-refractivity contribution in [3.05, 3.63) is 67.2 Å². The molecule has 17 heavy (non-hydrogen) atoms. The van der Waals surface area contributed by atoms with Crippen molar-refractivity contribution < 1.29 is 4.79 Å². The van der Waals surface area contributed by atoms with Gasteiger partial charge in [0.25, 0.3) is 0 Å². The highest BCUT2D eigenvalue weighted by molar-refractivity contribution is 14.1. The molecule has 2 aromatic carbocycles. The van der Waals surface area contributed by atoms with Gasteiger partial charge in [-0.2, -0.15) is 0 Å². The van der Waals surface area contributed by atoms with Crippen molar-refractivity contribution in [1.82, 2.24) is 0 Å². The van der Waals surface area contributed by atoms with E-state index in [2.05, 4.69) is 38.5 Å². The first kappa shape index (κ1) is 12.8. The molecule has 0 spiro atoms. The molecule has 0 radical (unpaired) electrons. The van der Waals surface area contributed by atoms with Crippen LogP contribution in [0.25, 0.3) is 0 Å². The van der Waals surface area contributed by atoms with Gasteiger partial charge < -0.3 is 0 Å². The van der Waals surface area contributed by atoms with Crippen LogP contribution in [0.3, 0.4) is 0 Å². The predicted molar refractivity (Wildman–Crippen MR) is 81.5 cm³/mol. The van der Waals surface area contributed by atoms with Crippen molar-refractivity contribution in [2.45, 2.75) is 6.92 Å². The standard InChI is InChI=1S/C14H10BrIO/c1-9-2-3-11(8-13(9)15)14(17)10-4-6-12(16)7-5-10/h2-8H,1H3. The van der Waals surface area contributed by atoms with Crippen LogP contribution in [0.5, 0.6) is 0 Å². The maximum atomic E-state index is 12.2. The zero-order valence-corrected chi connectivity index (χ0v) is 12.9. The van der Waals surface area contributed by atoms with Crippen molar-refractivity contribution in [3.63, 3.8) is 0 Å². The van der Waals surface area contributed by atoms with Crippen molar-refractivity contribution >= 4 is 44.3 Å². The smallest absolute Gasteiger partial charge is 0.193 e. The predicted octanol–water partition coefficient (Wildman–Crippen LogP) is 4.59. The summed E-state index contributed by atoms with van der Waals surface area (Å²) in [5.41, 5.74) is 2.56. The highest BCUT2D eigenvalue weighted by Crippen LogP contribution is 2.20. The Morgan fingerprint density at radius 2 is 1.65 bits per heavy atom. The van der Waals surface area contributed by atoms with Gasteiger partial charge in [0.15, 0.2) is 5.78 Å². The second-order valence-electron chi connectivity index (χ2n) is 3.80. The molecule has 0 aliphatic carbocycles. The molecule has 3 heteroatoms. The van der Waals surface area contributed by atoms with Gasteiger partial charge in [-0.1, -0.05) is 28.1 Å². The van der Waals surface area contributed by atoms with Crippen LogP contribution in [0.15, 0.2) is 46.9 Å². The Kier molecular flexibility index (Phi) is 3.99. The van der Waals surface area contributed by atoms with Gasteiger partial charge in [0.05, 0.1) is 0 Å². The summed E-state index contributed by atoms with van der Waals surface area (Å²) in [7, 11) is 0. The van der Waals surface area contributed by atoms with E-state index < -0.39 is 0 Å². The fourth-order valence-corrected chi connectivity index (χ4v) is 2.24. The number of carbonyl (C=O) groups is 1. The topological polar surface area (TPSA) is 17.1 Å². The van der Waals surface area contributed by atoms with E-state index in [-0.39, 0.29) is 5.78 Å². The summed E-state index contributed by atoms with van der Waals surface area (Å²) < 4.78 is 2.10. The Hall–Kier alpha value is -0.680. The second kappa shape index (κ2) is 5.31. The molecule has 86 valence electrons. The zero-order valence-electron chi connectivity index (χ0n) is 9.21. The fourth-order valence-electron chi connectivity index (χ4n) is 1.50. The highest BCUT2D eigenvalue weighted by atomic mass is 127. The minimum atomic E-state index is 0.0575. The normalized spacial score (nSPS) is 10.3. The first-order valence-electron chi connectivity index (χ1n) is 5.14. The molecule has 0 heterocycles. The lowest BCUT2D eigenvalue weighted by atomic mass is 10.0. The van der Waals surface area contributed by atoms with E-state index in [1.165, 1.54) is 0 Å². The molecule has 0 atom stereocenters. The van der Waals surface area contributed by atoms with Crippen LogP contribution in [-0.4, -0.2) is 5.78 Å². The Bertz CT molecular complexity index is 561. The Morgan fingerprint density at radius 3 is 2.24 bits per heavy atom. The van der Waals surface area contributed by atoms with Gasteiger partial charge in [-0.3, -0.25) is 4.79 Å². The van der Waals surface area contributed by atoms with Crippen molar-refractivity contribution in [3.8, 4) is 0 Å². The third-order valence-corrected chi connectivity index (χ3v) is 4.11. The SMILES string of the molecule is Cc1ccc(C(=O)c2ccc(I)cc2)cc1Br. The lowest BCUT2D eigenvalue weighted by molar-refractivity contribution is 0.103. The van der Waals surface area contributed by atoms with E-state index in [4.69, 9.17) is 0 Å². The molecule has 2 aromatic rings. The summed E-state index contributed by atoms with van der Waals surface area (Å²) in [6.45, 7) is 2.00. The monoisotopic (exact) mass is 400 g/mol. The summed E-state index contributed by atoms with van der Waals surface area (Å²) in [4.78, 5) is 12.2. The molecule has 0 unspecified atom stereocenters.